The smallest absolute Gasteiger partial charge is 0.337 e. The molecule has 6 heterocycles. The zero-order valence-corrected chi connectivity index (χ0v) is 22.6. The number of carbonyl (C=O) groups excluding carboxylic acids is 1. The van der Waals surface area contributed by atoms with Crippen LogP contribution in [0.25, 0.3) is 10.6 Å². The molecule has 0 unspecified atom stereocenters. The molecule has 2 atom stereocenters. The molecule has 39 heavy (non-hydrogen) atoms. The third kappa shape index (κ3) is 5.05. The summed E-state index contributed by atoms with van der Waals surface area (Å²) in [5, 5.41) is 6.87. The van der Waals surface area contributed by atoms with E-state index in [1.54, 1.807) is 29.7 Å². The summed E-state index contributed by atoms with van der Waals surface area (Å²) in [6, 6.07) is 3.35. The van der Waals surface area contributed by atoms with Gasteiger partial charge >= 0.3 is 6.18 Å². The quantitative estimate of drug-likeness (QED) is 0.343. The average molecular weight is 573 g/mol. The number of amides is 1. The van der Waals surface area contributed by atoms with Gasteiger partial charge in [0.1, 0.15) is 5.82 Å². The lowest BCUT2D eigenvalue weighted by atomic mass is 10.1. The van der Waals surface area contributed by atoms with Crippen LogP contribution in [0.4, 0.5) is 30.1 Å². The van der Waals surface area contributed by atoms with Gasteiger partial charge in [0.05, 0.1) is 44.5 Å². The summed E-state index contributed by atoms with van der Waals surface area (Å²) >= 11 is 3.08. The molecule has 2 aliphatic rings. The van der Waals surface area contributed by atoms with E-state index in [9.17, 15) is 18.0 Å². The van der Waals surface area contributed by atoms with Crippen molar-refractivity contribution < 1.29 is 18.0 Å². The number of aryl methyl sites for hydroxylation is 2. The Morgan fingerprint density at radius 3 is 2.33 bits per heavy atom. The van der Waals surface area contributed by atoms with Crippen LogP contribution >= 0.6 is 22.7 Å². The normalized spacial score (nSPS) is 19.0. The molecule has 1 N–H and O–H groups in total. The number of nitrogens with one attached hydrogen (secondary N) is 1. The number of fused-ring (bicyclic) bond motifs is 2. The van der Waals surface area contributed by atoms with Crippen LogP contribution in [0.3, 0.4) is 0 Å². The van der Waals surface area contributed by atoms with E-state index in [-0.39, 0.29) is 23.9 Å². The molecule has 2 bridgehead atoms. The zero-order valence-electron chi connectivity index (χ0n) is 20.9. The maximum Gasteiger partial charge on any atom is 0.419 e. The van der Waals surface area contributed by atoms with Crippen LogP contribution in [0.5, 0.6) is 0 Å². The summed E-state index contributed by atoms with van der Waals surface area (Å²) in [6.07, 6.45) is 0.303. The monoisotopic (exact) mass is 572 g/mol. The van der Waals surface area contributed by atoms with Crippen LogP contribution in [0.2, 0.25) is 0 Å². The van der Waals surface area contributed by atoms with Crippen molar-refractivity contribution in [2.45, 2.75) is 44.9 Å². The van der Waals surface area contributed by atoms with Crippen LogP contribution in [-0.2, 0) is 6.18 Å². The van der Waals surface area contributed by atoms with Gasteiger partial charge in [-0.15, -0.1) is 22.7 Å². The Morgan fingerprint density at radius 2 is 1.74 bits per heavy atom. The highest BCUT2D eigenvalue weighted by atomic mass is 32.1. The topological polar surface area (TPSA) is 100 Å². The van der Waals surface area contributed by atoms with Crippen LogP contribution < -0.4 is 10.2 Å². The molecule has 2 fully saturated rings. The minimum Gasteiger partial charge on any atom is -0.337 e. The van der Waals surface area contributed by atoms with Crippen molar-refractivity contribution in [3.63, 3.8) is 0 Å². The van der Waals surface area contributed by atoms with Crippen molar-refractivity contribution in [3.8, 4) is 10.6 Å². The van der Waals surface area contributed by atoms with E-state index in [0.717, 1.165) is 46.5 Å². The van der Waals surface area contributed by atoms with Crippen LogP contribution in [0.1, 0.15) is 39.5 Å². The number of nitrogens with zero attached hydrogens (tertiary/aromatic N) is 7. The van der Waals surface area contributed by atoms with E-state index in [0.29, 0.717) is 29.6 Å². The number of aromatic nitrogens is 5. The fourth-order valence-electron chi connectivity index (χ4n) is 5.09. The first-order chi connectivity index (χ1) is 18.7. The first-order valence-corrected chi connectivity index (χ1v) is 13.9. The highest BCUT2D eigenvalue weighted by Gasteiger charge is 2.43. The number of thiazole rings is 2. The summed E-state index contributed by atoms with van der Waals surface area (Å²) < 4.78 is 38.6. The number of alkyl halides is 3. The third-order valence-electron chi connectivity index (χ3n) is 6.85. The van der Waals surface area contributed by atoms with E-state index < -0.39 is 11.7 Å². The van der Waals surface area contributed by atoms with Gasteiger partial charge in [-0.3, -0.25) is 4.79 Å². The number of anilines is 3. The van der Waals surface area contributed by atoms with Crippen molar-refractivity contribution in [2.24, 2.45) is 0 Å². The van der Waals surface area contributed by atoms with Crippen molar-refractivity contribution in [2.75, 3.05) is 23.3 Å². The minimum absolute atomic E-state index is 0.0764. The molecule has 1 amide bonds. The minimum atomic E-state index is -4.48. The third-order valence-corrected chi connectivity index (χ3v) is 8.70. The maximum atomic E-state index is 13.4. The lowest BCUT2D eigenvalue weighted by Gasteiger charge is -2.41. The fraction of sp³-hybridized carbons (Fsp3) is 0.360. The molecule has 14 heteroatoms. The van der Waals surface area contributed by atoms with E-state index in [4.69, 9.17) is 0 Å². The Kier molecular flexibility index (Phi) is 6.46. The number of hydrogen-bond acceptors (Lipinski definition) is 10. The Morgan fingerprint density at radius 1 is 1.03 bits per heavy atom. The Hall–Kier alpha value is -3.65. The highest BCUT2D eigenvalue weighted by Crippen LogP contribution is 2.35. The molecule has 0 spiro atoms. The molecule has 2 saturated heterocycles. The summed E-state index contributed by atoms with van der Waals surface area (Å²) in [7, 11) is 0. The number of carbonyl (C=O) groups is 1. The highest BCUT2D eigenvalue weighted by molar-refractivity contribution is 7.16. The van der Waals surface area contributed by atoms with Crippen LogP contribution in [-0.4, -0.2) is 60.9 Å². The molecule has 0 saturated carbocycles. The molecule has 2 aliphatic heterocycles. The van der Waals surface area contributed by atoms with Crippen molar-refractivity contribution >= 4 is 45.5 Å². The number of pyridine rings is 1. The largest absolute Gasteiger partial charge is 0.419 e. The molecule has 4 aromatic rings. The van der Waals surface area contributed by atoms with Crippen LogP contribution in [0.15, 0.2) is 36.1 Å². The first-order valence-electron chi connectivity index (χ1n) is 12.3. The van der Waals surface area contributed by atoms with Gasteiger partial charge in [0.25, 0.3) is 5.91 Å². The SMILES string of the molecule is Cc1nc(C)c(-c2csc(Nc3ccc(C(=O)N4[C@@H]5CC[C@H]4CN(c4ncc(C(F)(F)F)cn4)C5)cn3)n2)s1. The first kappa shape index (κ1) is 25.6. The van der Waals surface area contributed by atoms with Crippen molar-refractivity contribution in [1.29, 1.82) is 0 Å². The Labute approximate surface area is 229 Å². The summed E-state index contributed by atoms with van der Waals surface area (Å²) in [5.74, 6) is 0.717. The molecular weight excluding hydrogens is 549 g/mol. The van der Waals surface area contributed by atoms with Gasteiger partial charge in [-0.25, -0.2) is 24.9 Å². The standard InChI is InChI=1S/C25H23F3N8OS2/c1-13-21(39-14(2)32-13)19-12-38-24(33-19)34-20-6-3-15(7-29-20)22(37)36-17-4-5-18(36)11-35(10-17)23-30-8-16(9-31-23)25(26,27)28/h3,6-9,12,17-18H,4-5,10-11H2,1-2H3,(H,29,33,34)/t17-,18+. The van der Waals surface area contributed by atoms with Gasteiger partial charge in [0, 0.05) is 37.1 Å². The van der Waals surface area contributed by atoms with Crippen molar-refractivity contribution in [3.05, 3.63) is 57.9 Å². The fourth-order valence-corrected chi connectivity index (χ4v) is 6.75. The van der Waals surface area contributed by atoms with Gasteiger partial charge in [-0.2, -0.15) is 13.2 Å². The maximum absolute atomic E-state index is 13.4. The molecule has 0 radical (unpaired) electrons. The average Bonchev–Trinajstić information content (AvgIpc) is 3.58. The van der Waals surface area contributed by atoms with Crippen molar-refractivity contribution in [1.82, 2.24) is 29.8 Å². The van der Waals surface area contributed by atoms with E-state index in [2.05, 4.69) is 30.2 Å². The lowest BCUT2D eigenvalue weighted by molar-refractivity contribution is -0.138. The molecular formula is C25H23F3N8OS2. The molecule has 0 aromatic carbocycles. The second-order valence-corrected chi connectivity index (χ2v) is 11.6. The number of halogens is 3. The van der Waals surface area contributed by atoms with E-state index in [1.807, 2.05) is 29.0 Å². The second-order valence-electron chi connectivity index (χ2n) is 9.51. The predicted molar refractivity (Wildman–Crippen MR) is 142 cm³/mol. The number of rotatable bonds is 5. The Bertz CT molecular complexity index is 1490. The molecule has 202 valence electrons. The number of piperazine rings is 1. The summed E-state index contributed by atoms with van der Waals surface area (Å²) in [4.78, 5) is 39.6. The summed E-state index contributed by atoms with van der Waals surface area (Å²) in [5.41, 5.74) is 1.42. The summed E-state index contributed by atoms with van der Waals surface area (Å²) in [6.45, 7) is 4.87. The second kappa shape index (κ2) is 9.83. The van der Waals surface area contributed by atoms with E-state index >= 15 is 0 Å². The van der Waals surface area contributed by atoms with Gasteiger partial charge in [-0.1, -0.05) is 0 Å². The van der Waals surface area contributed by atoms with Crippen LogP contribution in [0, 0.1) is 13.8 Å². The zero-order chi connectivity index (χ0) is 27.3. The van der Waals surface area contributed by atoms with Gasteiger partial charge in [0.15, 0.2) is 5.13 Å². The lowest BCUT2D eigenvalue weighted by Crippen LogP contribution is -2.56. The van der Waals surface area contributed by atoms with Gasteiger partial charge in [-0.05, 0) is 38.8 Å². The molecule has 9 nitrogen and oxygen atoms in total. The molecule has 6 rings (SSSR count). The molecule has 0 aliphatic carbocycles. The van der Waals surface area contributed by atoms with Gasteiger partial charge in [0.2, 0.25) is 5.95 Å². The molecule has 4 aromatic heterocycles. The Balaban J connectivity index is 1.11. The number of hydrogen-bond donors (Lipinski definition) is 1. The van der Waals surface area contributed by atoms with E-state index in [1.165, 1.54) is 11.3 Å². The van der Waals surface area contributed by atoms with Gasteiger partial charge < -0.3 is 15.1 Å². The predicted octanol–water partition coefficient (Wildman–Crippen LogP) is 5.32.